The van der Waals surface area contributed by atoms with Crippen LogP contribution in [0.1, 0.15) is 18.5 Å². The second-order valence-corrected chi connectivity index (χ2v) is 8.03. The minimum atomic E-state index is -1.91. The van der Waals surface area contributed by atoms with E-state index >= 15 is 0 Å². The maximum absolute atomic E-state index is 14.8. The van der Waals surface area contributed by atoms with Crippen LogP contribution in [0.5, 0.6) is 0 Å². The van der Waals surface area contributed by atoms with Crippen molar-refractivity contribution < 1.29 is 18.8 Å². The van der Waals surface area contributed by atoms with Crippen LogP contribution < -0.4 is 0 Å². The first kappa shape index (κ1) is 21.2. The molecule has 0 fully saturated rings. The number of rotatable bonds is 6. The highest BCUT2D eigenvalue weighted by atomic mass is 127. The number of non-ortho nitro benzene ring substituents is 1. The molecule has 12 heteroatoms. The van der Waals surface area contributed by atoms with E-state index in [0.29, 0.717) is 20.7 Å². The van der Waals surface area contributed by atoms with Gasteiger partial charge < -0.3 is 5.11 Å². The van der Waals surface area contributed by atoms with Crippen LogP contribution in [0.2, 0.25) is 0 Å². The van der Waals surface area contributed by atoms with Crippen LogP contribution in [-0.4, -0.2) is 34.6 Å². The smallest absolute Gasteiger partial charge is 0.270 e. The van der Waals surface area contributed by atoms with E-state index in [1.54, 1.807) is 6.92 Å². The highest BCUT2D eigenvalue weighted by Crippen LogP contribution is 2.39. The van der Waals surface area contributed by atoms with Crippen molar-refractivity contribution in [3.63, 3.8) is 0 Å². The number of hydrogen-bond donors (Lipinski definition) is 1. The average molecular weight is 540 g/mol. The van der Waals surface area contributed by atoms with Gasteiger partial charge >= 0.3 is 0 Å². The minimum Gasteiger partial charge on any atom is -0.381 e. The molecule has 0 aliphatic heterocycles. The zero-order valence-electron chi connectivity index (χ0n) is 16.0. The summed E-state index contributed by atoms with van der Waals surface area (Å²) < 4.78 is 31.6. The van der Waals surface area contributed by atoms with E-state index in [1.165, 1.54) is 46.3 Å². The predicted molar refractivity (Wildman–Crippen MR) is 114 cm³/mol. The number of nitro groups is 1. The van der Waals surface area contributed by atoms with E-state index in [-0.39, 0.29) is 17.8 Å². The maximum atomic E-state index is 14.8. The van der Waals surface area contributed by atoms with Gasteiger partial charge in [0.2, 0.25) is 0 Å². The van der Waals surface area contributed by atoms with Gasteiger partial charge in [0.25, 0.3) is 5.69 Å². The Labute approximate surface area is 187 Å². The number of fused-ring (bicyclic) bond motifs is 1. The van der Waals surface area contributed by atoms with Crippen LogP contribution in [0, 0.1) is 25.4 Å². The maximum Gasteiger partial charge on any atom is 0.270 e. The predicted octanol–water partition coefficient (Wildman–Crippen LogP) is 3.57. The zero-order chi connectivity index (χ0) is 22.3. The summed E-state index contributed by atoms with van der Waals surface area (Å²) in [6.07, 6.45) is 2.64. The van der Waals surface area contributed by atoms with Gasteiger partial charge in [0.05, 0.1) is 23.0 Å². The Morgan fingerprint density at radius 2 is 2.06 bits per heavy atom. The van der Waals surface area contributed by atoms with Gasteiger partial charge in [0, 0.05) is 29.1 Å². The monoisotopic (exact) mass is 540 g/mol. The van der Waals surface area contributed by atoms with Gasteiger partial charge in [-0.1, -0.05) is 6.07 Å². The molecule has 0 aliphatic rings. The Morgan fingerprint density at radius 3 is 2.71 bits per heavy atom. The van der Waals surface area contributed by atoms with Crippen molar-refractivity contribution >= 4 is 39.2 Å². The molecule has 0 aliphatic carbocycles. The molecule has 0 amide bonds. The van der Waals surface area contributed by atoms with Gasteiger partial charge in [0.15, 0.2) is 0 Å². The molecule has 0 saturated heterocycles. The topological polar surface area (TPSA) is 112 Å². The molecule has 4 rings (SSSR count). The first-order chi connectivity index (χ1) is 14.7. The van der Waals surface area contributed by atoms with Gasteiger partial charge in [-0.05, 0) is 41.6 Å². The molecule has 31 heavy (non-hydrogen) atoms. The molecule has 0 saturated carbocycles. The third-order valence-corrected chi connectivity index (χ3v) is 5.98. The lowest BCUT2D eigenvalue weighted by Crippen LogP contribution is -2.41. The first-order valence-corrected chi connectivity index (χ1v) is 10.1. The van der Waals surface area contributed by atoms with Crippen LogP contribution in [0.3, 0.4) is 0 Å². The van der Waals surface area contributed by atoms with Crippen LogP contribution in [0.15, 0.2) is 49.1 Å². The number of hydrogen-bond acceptors (Lipinski definition) is 6. The summed E-state index contributed by atoms with van der Waals surface area (Å²) in [7, 11) is 0. The fraction of sp³-hybridized carbons (Fsp3) is 0.211. The van der Waals surface area contributed by atoms with E-state index in [2.05, 4.69) is 15.2 Å². The second kappa shape index (κ2) is 7.92. The summed E-state index contributed by atoms with van der Waals surface area (Å²) in [5.41, 5.74) is -1.63. The fourth-order valence-corrected chi connectivity index (χ4v) is 4.21. The van der Waals surface area contributed by atoms with E-state index < -0.39 is 28.2 Å². The average Bonchev–Trinajstić information content (AvgIpc) is 3.34. The summed E-state index contributed by atoms with van der Waals surface area (Å²) in [5, 5.41) is 31.8. The molecule has 0 unspecified atom stereocenters. The number of aliphatic hydroxyl groups is 1. The molecule has 0 radical (unpaired) electrons. The van der Waals surface area contributed by atoms with Crippen LogP contribution in [-0.2, 0) is 12.1 Å². The molecule has 0 spiro atoms. The molecule has 0 bridgehead atoms. The number of aromatic nitrogens is 5. The van der Waals surface area contributed by atoms with E-state index in [4.69, 9.17) is 0 Å². The minimum absolute atomic E-state index is 0.0972. The van der Waals surface area contributed by atoms with Crippen molar-refractivity contribution in [3.8, 4) is 0 Å². The Balaban J connectivity index is 1.88. The van der Waals surface area contributed by atoms with Crippen molar-refractivity contribution in [1.29, 1.82) is 0 Å². The lowest BCUT2D eigenvalue weighted by atomic mass is 9.86. The quantitative estimate of drug-likeness (QED) is 0.228. The third kappa shape index (κ3) is 3.76. The Hall–Kier alpha value is -3.00. The lowest BCUT2D eigenvalue weighted by molar-refractivity contribution is -0.384. The molecule has 160 valence electrons. The van der Waals surface area contributed by atoms with Gasteiger partial charge in [-0.3, -0.25) is 14.8 Å². The first-order valence-electron chi connectivity index (χ1n) is 9.03. The van der Waals surface area contributed by atoms with E-state index in [9.17, 15) is 24.0 Å². The van der Waals surface area contributed by atoms with Gasteiger partial charge in [0.1, 0.15) is 33.6 Å². The van der Waals surface area contributed by atoms with Crippen molar-refractivity contribution in [3.05, 3.63) is 80.1 Å². The Kier molecular flexibility index (Phi) is 5.43. The van der Waals surface area contributed by atoms with Crippen molar-refractivity contribution in [2.24, 2.45) is 0 Å². The molecule has 1 N–H and O–H groups in total. The molecule has 2 heterocycles. The molecular formula is C19H15F2IN6O3. The molecule has 9 nitrogen and oxygen atoms in total. The number of nitro benzene ring substituents is 1. The van der Waals surface area contributed by atoms with Gasteiger partial charge in [-0.15, -0.1) is 0 Å². The molecular weight excluding hydrogens is 525 g/mol. The number of halogens is 3. The Morgan fingerprint density at radius 1 is 1.29 bits per heavy atom. The molecule has 2 aromatic heterocycles. The Bertz CT molecular complexity index is 1280. The summed E-state index contributed by atoms with van der Waals surface area (Å²) in [4.78, 5) is 14.5. The standard InChI is InChI=1S/C19H15F2IN6O3/c1-11(27-17-5-3-13(28(30)31)7-14(17)18(22)25-27)19(29,8-26-10-23-9-24-26)15-4-2-12(20)6-16(15)21/h2-7,9-11,29H,8H2,1H3/t11-,19-/m1/s1. The van der Waals surface area contributed by atoms with Gasteiger partial charge in [-0.25, -0.2) is 18.4 Å². The third-order valence-electron chi connectivity index (χ3n) is 5.18. The number of nitrogens with zero attached hydrogens (tertiary/aromatic N) is 6. The van der Waals surface area contributed by atoms with Gasteiger partial charge in [-0.2, -0.15) is 10.2 Å². The summed E-state index contributed by atoms with van der Waals surface area (Å²) in [6.45, 7) is 1.44. The van der Waals surface area contributed by atoms with Crippen molar-refractivity contribution in [1.82, 2.24) is 24.5 Å². The molecule has 2 aromatic carbocycles. The van der Waals surface area contributed by atoms with E-state index in [0.717, 1.165) is 6.07 Å². The summed E-state index contributed by atoms with van der Waals surface area (Å²) >= 11 is 1.94. The molecule has 2 atom stereocenters. The largest absolute Gasteiger partial charge is 0.381 e. The normalized spacial score (nSPS) is 14.5. The van der Waals surface area contributed by atoms with Crippen LogP contribution in [0.25, 0.3) is 10.9 Å². The van der Waals surface area contributed by atoms with Crippen LogP contribution >= 0.6 is 22.6 Å². The zero-order valence-corrected chi connectivity index (χ0v) is 18.1. The summed E-state index contributed by atoms with van der Waals surface area (Å²) in [5.74, 6) is -1.69. The second-order valence-electron chi connectivity index (χ2n) is 7.01. The van der Waals surface area contributed by atoms with Crippen molar-refractivity contribution in [2.75, 3.05) is 0 Å². The van der Waals surface area contributed by atoms with Crippen LogP contribution in [0.4, 0.5) is 14.5 Å². The highest BCUT2D eigenvalue weighted by molar-refractivity contribution is 14.1. The van der Waals surface area contributed by atoms with Crippen molar-refractivity contribution in [2.45, 2.75) is 25.1 Å². The highest BCUT2D eigenvalue weighted by Gasteiger charge is 2.41. The molecule has 4 aromatic rings. The summed E-state index contributed by atoms with van der Waals surface area (Å²) in [6, 6.07) is 6.31. The SMILES string of the molecule is C[C@@H](n1nc(I)c2cc([N+](=O)[O-])ccc21)[C@](O)(Cn1cncn1)c1ccc(F)cc1F. The van der Waals surface area contributed by atoms with E-state index in [1.807, 2.05) is 22.6 Å². The fourth-order valence-electron chi connectivity index (χ4n) is 3.55. The number of benzene rings is 2. The lowest BCUT2D eigenvalue weighted by Gasteiger charge is -2.35.